The van der Waals surface area contributed by atoms with E-state index in [0.717, 1.165) is 10.5 Å². The summed E-state index contributed by atoms with van der Waals surface area (Å²) in [6, 6.07) is 4.96. The Hall–Kier alpha value is -0.890. The molecule has 0 saturated heterocycles. The molecule has 0 amide bonds. The molecule has 0 radical (unpaired) electrons. The molecular weight excluding hydrogens is 144 g/mol. The van der Waals surface area contributed by atoms with E-state index in [-0.39, 0.29) is 5.75 Å². The molecule has 0 aromatic heterocycles. The lowest BCUT2D eigenvalue weighted by molar-refractivity contribution is 0.474. The summed E-state index contributed by atoms with van der Waals surface area (Å²) in [5.41, 5.74) is 0.932. The highest BCUT2D eigenvalue weighted by Crippen LogP contribution is 2.20. The molecule has 2 heteroatoms. The molecule has 0 bridgehead atoms. The van der Waals surface area contributed by atoms with E-state index in [0.29, 0.717) is 0 Å². The zero-order valence-electron chi connectivity index (χ0n) is 5.41. The molecule has 52 valence electrons. The summed E-state index contributed by atoms with van der Waals surface area (Å²) in [5, 5.41) is 8.95. The van der Waals surface area contributed by atoms with E-state index >= 15 is 0 Å². The molecule has 0 unspecified atom stereocenters. The van der Waals surface area contributed by atoms with Gasteiger partial charge in [-0.3, -0.25) is 0 Å². The first-order valence-corrected chi connectivity index (χ1v) is 3.33. The largest absolute Gasteiger partial charge is 0.508 e. The molecule has 0 aliphatic rings. The lowest BCUT2D eigenvalue weighted by Crippen LogP contribution is -1.73. The molecule has 0 spiro atoms. The van der Waals surface area contributed by atoms with Crippen LogP contribution in [0.4, 0.5) is 0 Å². The number of hydrogen-bond donors (Lipinski definition) is 2. The van der Waals surface area contributed by atoms with Crippen molar-refractivity contribution in [2.75, 3.05) is 0 Å². The molecular formula is C8H8OS. The van der Waals surface area contributed by atoms with E-state index in [1.165, 1.54) is 0 Å². The van der Waals surface area contributed by atoms with Gasteiger partial charge in [-0.05, 0) is 17.7 Å². The van der Waals surface area contributed by atoms with Crippen molar-refractivity contribution in [1.29, 1.82) is 0 Å². The molecule has 0 aliphatic heterocycles. The van der Waals surface area contributed by atoms with Gasteiger partial charge in [-0.25, -0.2) is 0 Å². The highest BCUT2D eigenvalue weighted by atomic mass is 32.1. The lowest BCUT2D eigenvalue weighted by Gasteiger charge is -1.97. The average Bonchev–Trinajstić information content (AvgIpc) is 1.88. The van der Waals surface area contributed by atoms with E-state index in [1.807, 2.05) is 0 Å². The zero-order valence-corrected chi connectivity index (χ0v) is 6.31. The van der Waals surface area contributed by atoms with Crippen LogP contribution in [0.2, 0.25) is 0 Å². The van der Waals surface area contributed by atoms with Crippen LogP contribution >= 0.6 is 12.6 Å². The maximum Gasteiger partial charge on any atom is 0.116 e. The SMILES string of the molecule is C=Cc1ccc(O)cc1S. The third-order valence-electron chi connectivity index (χ3n) is 1.23. The third kappa shape index (κ3) is 1.33. The first-order valence-electron chi connectivity index (χ1n) is 2.88. The predicted octanol–water partition coefficient (Wildman–Crippen LogP) is 2.32. The molecule has 0 saturated carbocycles. The molecule has 0 heterocycles. The number of phenols is 1. The number of phenolic OH excluding ortho intramolecular Hbond substituents is 1. The minimum absolute atomic E-state index is 0.232. The maximum absolute atomic E-state index is 8.95. The van der Waals surface area contributed by atoms with E-state index in [1.54, 1.807) is 24.3 Å². The van der Waals surface area contributed by atoms with Crippen LogP contribution in [-0.2, 0) is 0 Å². The fourth-order valence-corrected chi connectivity index (χ4v) is 1.00. The van der Waals surface area contributed by atoms with Crippen LogP contribution in [-0.4, -0.2) is 5.11 Å². The van der Waals surface area contributed by atoms with Crippen LogP contribution in [0.25, 0.3) is 6.08 Å². The van der Waals surface area contributed by atoms with Gasteiger partial charge in [0.1, 0.15) is 5.75 Å². The van der Waals surface area contributed by atoms with Crippen LogP contribution in [0, 0.1) is 0 Å². The highest BCUT2D eigenvalue weighted by molar-refractivity contribution is 7.80. The summed E-state index contributed by atoms with van der Waals surface area (Å²) < 4.78 is 0. The molecule has 0 atom stereocenters. The summed E-state index contributed by atoms with van der Waals surface area (Å²) in [4.78, 5) is 0.745. The third-order valence-corrected chi connectivity index (χ3v) is 1.62. The van der Waals surface area contributed by atoms with Gasteiger partial charge in [-0.2, -0.15) is 0 Å². The zero-order chi connectivity index (χ0) is 7.56. The van der Waals surface area contributed by atoms with Crippen molar-refractivity contribution in [1.82, 2.24) is 0 Å². The first-order chi connectivity index (χ1) is 4.74. The number of rotatable bonds is 1. The second-order valence-electron chi connectivity index (χ2n) is 1.95. The normalized spacial score (nSPS) is 9.30. The second kappa shape index (κ2) is 2.80. The Labute approximate surface area is 65.4 Å². The standard InChI is InChI=1S/C8H8OS/c1-2-6-3-4-7(9)5-8(6)10/h2-5,9-10H,1H2. The first kappa shape index (κ1) is 7.22. The van der Waals surface area contributed by atoms with Crippen molar-refractivity contribution >= 4 is 18.7 Å². The predicted molar refractivity (Wildman–Crippen MR) is 45.4 cm³/mol. The number of thiol groups is 1. The monoisotopic (exact) mass is 152 g/mol. The van der Waals surface area contributed by atoms with Gasteiger partial charge in [0.2, 0.25) is 0 Å². The highest BCUT2D eigenvalue weighted by Gasteiger charge is 1.93. The molecule has 1 N–H and O–H groups in total. The lowest BCUT2D eigenvalue weighted by atomic mass is 10.2. The molecule has 1 nitrogen and oxygen atoms in total. The maximum atomic E-state index is 8.95. The van der Waals surface area contributed by atoms with Gasteiger partial charge in [0, 0.05) is 4.90 Å². The van der Waals surface area contributed by atoms with Gasteiger partial charge in [-0.1, -0.05) is 18.7 Å². The van der Waals surface area contributed by atoms with Crippen LogP contribution < -0.4 is 0 Å². The Bertz CT molecular complexity index is 255. The van der Waals surface area contributed by atoms with Crippen molar-refractivity contribution < 1.29 is 5.11 Å². The molecule has 1 aromatic carbocycles. The molecule has 10 heavy (non-hydrogen) atoms. The van der Waals surface area contributed by atoms with Crippen molar-refractivity contribution in [3.8, 4) is 5.75 Å². The minimum Gasteiger partial charge on any atom is -0.508 e. The smallest absolute Gasteiger partial charge is 0.116 e. The fraction of sp³-hybridized carbons (Fsp3) is 0. The van der Waals surface area contributed by atoms with Crippen molar-refractivity contribution in [2.24, 2.45) is 0 Å². The van der Waals surface area contributed by atoms with Gasteiger partial charge < -0.3 is 5.11 Å². The van der Waals surface area contributed by atoms with Gasteiger partial charge in [0.05, 0.1) is 0 Å². The van der Waals surface area contributed by atoms with Gasteiger partial charge in [-0.15, -0.1) is 12.6 Å². The van der Waals surface area contributed by atoms with E-state index < -0.39 is 0 Å². The second-order valence-corrected chi connectivity index (χ2v) is 2.43. The fourth-order valence-electron chi connectivity index (χ4n) is 0.705. The number of aromatic hydroxyl groups is 1. The van der Waals surface area contributed by atoms with E-state index in [9.17, 15) is 0 Å². The van der Waals surface area contributed by atoms with Gasteiger partial charge >= 0.3 is 0 Å². The minimum atomic E-state index is 0.232. The topological polar surface area (TPSA) is 20.2 Å². The summed E-state index contributed by atoms with van der Waals surface area (Å²) in [7, 11) is 0. The Kier molecular flexibility index (Phi) is 2.02. The Balaban J connectivity index is 3.19. The molecule has 1 rings (SSSR count). The molecule has 0 fully saturated rings. The van der Waals surface area contributed by atoms with Crippen LogP contribution in [0.3, 0.4) is 0 Å². The van der Waals surface area contributed by atoms with Crippen molar-refractivity contribution in [3.05, 3.63) is 30.3 Å². The van der Waals surface area contributed by atoms with E-state index in [4.69, 9.17) is 5.11 Å². The summed E-state index contributed by atoms with van der Waals surface area (Å²) in [5.74, 6) is 0.232. The van der Waals surface area contributed by atoms with E-state index in [2.05, 4.69) is 19.2 Å². The van der Waals surface area contributed by atoms with Gasteiger partial charge in [0.15, 0.2) is 0 Å². The Morgan fingerprint density at radius 3 is 2.70 bits per heavy atom. The quantitative estimate of drug-likeness (QED) is 0.592. The Morgan fingerprint density at radius 2 is 2.20 bits per heavy atom. The van der Waals surface area contributed by atoms with Crippen LogP contribution in [0.1, 0.15) is 5.56 Å². The van der Waals surface area contributed by atoms with Crippen LogP contribution in [0.5, 0.6) is 5.75 Å². The average molecular weight is 152 g/mol. The number of hydrogen-bond acceptors (Lipinski definition) is 2. The summed E-state index contributed by atoms with van der Waals surface area (Å²) in [6.45, 7) is 3.59. The summed E-state index contributed by atoms with van der Waals surface area (Å²) in [6.07, 6.45) is 1.70. The van der Waals surface area contributed by atoms with Crippen molar-refractivity contribution in [3.63, 3.8) is 0 Å². The Morgan fingerprint density at radius 1 is 1.50 bits per heavy atom. The molecule has 1 aromatic rings. The summed E-state index contributed by atoms with van der Waals surface area (Å²) >= 11 is 4.12. The van der Waals surface area contributed by atoms with Crippen LogP contribution in [0.15, 0.2) is 29.7 Å². The molecule has 0 aliphatic carbocycles. The van der Waals surface area contributed by atoms with Gasteiger partial charge in [0.25, 0.3) is 0 Å². The number of benzene rings is 1. The van der Waals surface area contributed by atoms with Crippen molar-refractivity contribution in [2.45, 2.75) is 4.90 Å².